The van der Waals surface area contributed by atoms with Crippen LogP contribution in [0.1, 0.15) is 42.1 Å². The van der Waals surface area contributed by atoms with E-state index >= 15 is 0 Å². The molecule has 5 heteroatoms. The number of carbonyl (C=O) groups is 1. The highest BCUT2D eigenvalue weighted by Gasteiger charge is 2.25. The Morgan fingerprint density at radius 2 is 1.86 bits per heavy atom. The zero-order chi connectivity index (χ0) is 19.5. The van der Waals surface area contributed by atoms with Crippen LogP contribution in [0.3, 0.4) is 0 Å². The molecule has 0 aliphatic carbocycles. The van der Waals surface area contributed by atoms with Crippen LogP contribution in [-0.4, -0.2) is 25.5 Å². The van der Waals surface area contributed by atoms with Crippen molar-refractivity contribution >= 4 is 22.4 Å². The first kappa shape index (κ1) is 18.4. The quantitative estimate of drug-likeness (QED) is 0.617. The summed E-state index contributed by atoms with van der Waals surface area (Å²) in [5.74, 6) is 0.360. The molecule has 0 atom stereocenters. The number of carbonyl (C=O) groups excluding carboxylic acids is 1. The molecular weight excluding hydrogens is 355 g/mol. The number of nitrogens with one attached hydrogen (secondary N) is 1. The number of hydrogen-bond acceptors (Lipinski definition) is 3. The van der Waals surface area contributed by atoms with Crippen molar-refractivity contribution in [1.82, 2.24) is 0 Å². The van der Waals surface area contributed by atoms with Gasteiger partial charge in [0.15, 0.2) is 6.20 Å². The molecule has 1 aliphatic heterocycles. The Morgan fingerprint density at radius 3 is 2.57 bits per heavy atom. The van der Waals surface area contributed by atoms with E-state index in [1.807, 2.05) is 19.1 Å². The number of nitrogens with zero attached hydrogens (tertiary/aromatic N) is 1. The minimum Gasteiger partial charge on any atom is -0.494 e. The summed E-state index contributed by atoms with van der Waals surface area (Å²) in [6, 6.07) is 11.9. The number of anilines is 1. The third kappa shape index (κ3) is 3.57. The average molecular weight is 379 g/mol. The predicted octanol–water partition coefficient (Wildman–Crippen LogP) is 4.41. The van der Waals surface area contributed by atoms with E-state index in [4.69, 9.17) is 4.74 Å². The van der Waals surface area contributed by atoms with Gasteiger partial charge in [-0.2, -0.15) is 0 Å². The first-order chi connectivity index (χ1) is 13.7. The molecule has 2 heterocycles. The number of hydrogen-bond donors (Lipinski definition) is 0. The van der Waals surface area contributed by atoms with Crippen LogP contribution in [0.4, 0.5) is 10.1 Å². The number of aromatic nitrogens is 1. The van der Waals surface area contributed by atoms with Gasteiger partial charge in [0.25, 0.3) is 0 Å². The average Bonchev–Trinajstić information content (AvgIpc) is 2.74. The van der Waals surface area contributed by atoms with Gasteiger partial charge in [-0.15, -0.1) is 0 Å². The molecule has 0 saturated carbocycles. The second-order valence-electron chi connectivity index (χ2n) is 7.08. The highest BCUT2D eigenvalue weighted by Crippen LogP contribution is 2.32. The Morgan fingerprint density at radius 1 is 1.11 bits per heavy atom. The lowest BCUT2D eigenvalue weighted by Crippen LogP contribution is -2.32. The molecule has 0 spiro atoms. The van der Waals surface area contributed by atoms with E-state index in [9.17, 15) is 9.18 Å². The van der Waals surface area contributed by atoms with Crippen molar-refractivity contribution in [3.05, 3.63) is 65.6 Å². The number of ether oxygens (including phenoxy) is 1. The molecule has 3 aromatic rings. The summed E-state index contributed by atoms with van der Waals surface area (Å²) >= 11 is 0. The van der Waals surface area contributed by atoms with Gasteiger partial charge in [0.05, 0.1) is 17.7 Å². The molecule has 1 saturated heterocycles. The lowest BCUT2D eigenvalue weighted by Gasteiger charge is -2.30. The molecule has 0 amide bonds. The number of ketones is 1. The fourth-order valence-corrected chi connectivity index (χ4v) is 3.86. The van der Waals surface area contributed by atoms with E-state index < -0.39 is 0 Å². The van der Waals surface area contributed by atoms with E-state index in [0.717, 1.165) is 48.3 Å². The first-order valence-electron chi connectivity index (χ1n) is 9.84. The minimum absolute atomic E-state index is 0.0777. The van der Waals surface area contributed by atoms with Crippen LogP contribution in [0.5, 0.6) is 5.75 Å². The number of aromatic amines is 1. The van der Waals surface area contributed by atoms with E-state index in [2.05, 4.69) is 9.88 Å². The highest BCUT2D eigenvalue weighted by atomic mass is 19.1. The van der Waals surface area contributed by atoms with E-state index in [1.165, 1.54) is 18.6 Å². The summed E-state index contributed by atoms with van der Waals surface area (Å²) in [7, 11) is 0. The van der Waals surface area contributed by atoms with Crippen molar-refractivity contribution < 1.29 is 18.9 Å². The largest absolute Gasteiger partial charge is 0.494 e. The molecule has 144 valence electrons. The lowest BCUT2D eigenvalue weighted by atomic mass is 9.98. The molecule has 1 aliphatic rings. The molecule has 1 N–H and O–H groups in total. The van der Waals surface area contributed by atoms with E-state index in [-0.39, 0.29) is 11.6 Å². The summed E-state index contributed by atoms with van der Waals surface area (Å²) in [5.41, 5.74) is 2.81. The molecule has 28 heavy (non-hydrogen) atoms. The normalized spacial score (nSPS) is 14.3. The number of piperidine rings is 1. The van der Waals surface area contributed by atoms with Gasteiger partial charge >= 0.3 is 0 Å². The van der Waals surface area contributed by atoms with Gasteiger partial charge < -0.3 is 9.64 Å². The van der Waals surface area contributed by atoms with E-state index in [0.29, 0.717) is 17.7 Å². The zero-order valence-electron chi connectivity index (χ0n) is 16.0. The maximum Gasteiger partial charge on any atom is 0.213 e. The fourth-order valence-electron chi connectivity index (χ4n) is 3.86. The Labute approximate surface area is 164 Å². The number of benzene rings is 2. The Kier molecular flexibility index (Phi) is 5.24. The molecule has 4 nitrogen and oxygen atoms in total. The van der Waals surface area contributed by atoms with Gasteiger partial charge in [0, 0.05) is 24.7 Å². The van der Waals surface area contributed by atoms with Crippen molar-refractivity contribution in [2.24, 2.45) is 0 Å². The number of pyridine rings is 1. The van der Waals surface area contributed by atoms with Gasteiger partial charge in [0.1, 0.15) is 17.1 Å². The number of fused-ring (bicyclic) bond motifs is 1. The Hall–Kier alpha value is -2.95. The van der Waals surface area contributed by atoms with Gasteiger partial charge in [-0.1, -0.05) is 0 Å². The van der Waals surface area contributed by atoms with Crippen LogP contribution >= 0.6 is 0 Å². The Bertz CT molecular complexity index is 995. The molecule has 1 aromatic heterocycles. The van der Waals surface area contributed by atoms with Gasteiger partial charge in [0.2, 0.25) is 11.3 Å². The first-order valence-corrected chi connectivity index (χ1v) is 9.84. The number of rotatable bonds is 5. The second-order valence-corrected chi connectivity index (χ2v) is 7.08. The summed E-state index contributed by atoms with van der Waals surface area (Å²) in [4.78, 5) is 18.7. The van der Waals surface area contributed by atoms with Crippen LogP contribution < -0.4 is 14.6 Å². The molecule has 0 unspecified atom stereocenters. The van der Waals surface area contributed by atoms with Gasteiger partial charge in [-0.05, 0) is 62.6 Å². The minimum atomic E-state index is -0.301. The summed E-state index contributed by atoms with van der Waals surface area (Å²) in [5, 5.41) is 0.749. The molecular formula is C23H24FN2O2+. The van der Waals surface area contributed by atoms with Crippen LogP contribution in [0.2, 0.25) is 0 Å². The van der Waals surface area contributed by atoms with Crippen molar-refractivity contribution in [2.75, 3.05) is 24.6 Å². The maximum atomic E-state index is 14.0. The van der Waals surface area contributed by atoms with Crippen LogP contribution in [0.25, 0.3) is 10.9 Å². The van der Waals surface area contributed by atoms with E-state index in [1.54, 1.807) is 24.4 Å². The molecule has 0 bridgehead atoms. The third-order valence-corrected chi connectivity index (χ3v) is 5.21. The third-order valence-electron chi connectivity index (χ3n) is 5.21. The number of H-pyrrole nitrogens is 1. The van der Waals surface area contributed by atoms with Gasteiger partial charge in [-0.3, -0.25) is 4.79 Å². The highest BCUT2D eigenvalue weighted by molar-refractivity contribution is 6.15. The summed E-state index contributed by atoms with van der Waals surface area (Å²) in [6.45, 7) is 4.25. The SMILES string of the molecule is CCOc1ccc(C(=O)c2c[nH+]c3ccc(F)cc3c2N2CCCCC2)cc1. The Balaban J connectivity index is 1.81. The molecule has 4 rings (SSSR count). The molecule has 1 fully saturated rings. The predicted molar refractivity (Wildman–Crippen MR) is 108 cm³/mol. The molecule has 0 radical (unpaired) electrons. The fraction of sp³-hybridized carbons (Fsp3) is 0.304. The van der Waals surface area contributed by atoms with Crippen molar-refractivity contribution in [3.8, 4) is 5.75 Å². The lowest BCUT2D eigenvalue weighted by molar-refractivity contribution is -0.344. The number of halogens is 1. The summed E-state index contributed by atoms with van der Waals surface area (Å²) < 4.78 is 19.5. The van der Waals surface area contributed by atoms with Crippen molar-refractivity contribution in [3.63, 3.8) is 0 Å². The van der Waals surface area contributed by atoms with Gasteiger partial charge in [-0.25, -0.2) is 9.37 Å². The van der Waals surface area contributed by atoms with Crippen LogP contribution in [-0.2, 0) is 0 Å². The van der Waals surface area contributed by atoms with Crippen LogP contribution in [0, 0.1) is 5.82 Å². The standard InChI is InChI=1S/C23H23FN2O2/c1-2-28-18-9-6-16(7-10-18)23(27)20-15-25-21-11-8-17(24)14-19(21)22(20)26-12-4-3-5-13-26/h6-11,14-15H,2-5,12-13H2,1H3/p+1. The zero-order valence-corrected chi connectivity index (χ0v) is 16.0. The summed E-state index contributed by atoms with van der Waals surface area (Å²) in [6.07, 6.45) is 5.09. The smallest absolute Gasteiger partial charge is 0.213 e. The maximum absolute atomic E-state index is 14.0. The van der Waals surface area contributed by atoms with Crippen molar-refractivity contribution in [1.29, 1.82) is 0 Å². The monoisotopic (exact) mass is 379 g/mol. The molecule has 2 aromatic carbocycles. The topological polar surface area (TPSA) is 43.7 Å². The van der Waals surface area contributed by atoms with Crippen molar-refractivity contribution in [2.45, 2.75) is 26.2 Å². The second kappa shape index (κ2) is 7.97. The van der Waals surface area contributed by atoms with Crippen LogP contribution in [0.15, 0.2) is 48.7 Å².